The van der Waals surface area contributed by atoms with Crippen LogP contribution in [0.5, 0.6) is 0 Å². The normalized spacial score (nSPS) is 12.4. The van der Waals surface area contributed by atoms with Crippen molar-refractivity contribution in [3.05, 3.63) is 62.6 Å². The van der Waals surface area contributed by atoms with Gasteiger partial charge in [-0.2, -0.15) is 26.3 Å². The van der Waals surface area contributed by atoms with E-state index < -0.39 is 46.1 Å². The molecule has 2 heterocycles. The summed E-state index contributed by atoms with van der Waals surface area (Å²) in [7, 11) is 2.55. The Hall–Kier alpha value is -3.38. The Kier molecular flexibility index (Phi) is 4.63. The summed E-state index contributed by atoms with van der Waals surface area (Å²) in [4.78, 5) is 27.5. The molecular formula is C16H11F6N5O2. The number of hydrogen-bond acceptors (Lipinski definition) is 4. The second kappa shape index (κ2) is 6.60. The minimum absolute atomic E-state index is 0.00883. The molecule has 0 bridgehead atoms. The molecule has 7 nitrogen and oxygen atoms in total. The molecule has 0 unspecified atom stereocenters. The van der Waals surface area contributed by atoms with E-state index in [2.05, 4.69) is 10.1 Å². The van der Waals surface area contributed by atoms with Gasteiger partial charge in [-0.1, -0.05) is 0 Å². The topological polar surface area (TPSA) is 74.7 Å². The summed E-state index contributed by atoms with van der Waals surface area (Å²) in [5.41, 5.74) is -4.94. The van der Waals surface area contributed by atoms with E-state index in [-0.39, 0.29) is 11.9 Å². The zero-order valence-corrected chi connectivity index (χ0v) is 14.7. The minimum Gasteiger partial charge on any atom is -0.281 e. The first-order chi connectivity index (χ1) is 13.3. The molecule has 0 atom stereocenters. The van der Waals surface area contributed by atoms with Crippen molar-refractivity contribution >= 4 is 0 Å². The van der Waals surface area contributed by atoms with Crippen molar-refractivity contribution < 1.29 is 26.3 Å². The molecule has 0 saturated carbocycles. The van der Waals surface area contributed by atoms with E-state index in [9.17, 15) is 35.9 Å². The highest BCUT2D eigenvalue weighted by Crippen LogP contribution is 2.38. The van der Waals surface area contributed by atoms with Gasteiger partial charge >= 0.3 is 18.0 Å². The first kappa shape index (κ1) is 20.4. The fourth-order valence-electron chi connectivity index (χ4n) is 2.53. The number of alkyl halides is 6. The van der Waals surface area contributed by atoms with E-state index in [4.69, 9.17) is 0 Å². The standard InChI is InChI=1S/C16H11F6N5O2/c1-25-11(6-12(28)26(2)14(25)29)27-7-23-13(24-27)8-3-9(15(17,18)19)5-10(4-8)16(20,21)22/h3-7H,1-2H3. The maximum absolute atomic E-state index is 13.0. The molecule has 0 aliphatic carbocycles. The van der Waals surface area contributed by atoms with Crippen molar-refractivity contribution in [2.75, 3.05) is 0 Å². The lowest BCUT2D eigenvalue weighted by molar-refractivity contribution is -0.143. The van der Waals surface area contributed by atoms with E-state index in [1.54, 1.807) is 0 Å². The first-order valence-corrected chi connectivity index (χ1v) is 7.78. The van der Waals surface area contributed by atoms with Crippen molar-refractivity contribution in [3.8, 4) is 17.2 Å². The van der Waals surface area contributed by atoms with E-state index >= 15 is 0 Å². The van der Waals surface area contributed by atoms with Gasteiger partial charge in [-0.3, -0.25) is 13.9 Å². The van der Waals surface area contributed by atoms with Gasteiger partial charge in [0, 0.05) is 25.7 Å². The van der Waals surface area contributed by atoms with Gasteiger partial charge in [-0.05, 0) is 18.2 Å². The lowest BCUT2D eigenvalue weighted by Crippen LogP contribution is -2.38. The van der Waals surface area contributed by atoms with Gasteiger partial charge in [0.1, 0.15) is 12.1 Å². The minimum atomic E-state index is -5.02. The molecule has 0 saturated heterocycles. The third-order valence-corrected chi connectivity index (χ3v) is 4.07. The molecule has 3 aromatic rings. The molecule has 0 amide bonds. The molecule has 2 aromatic heterocycles. The monoisotopic (exact) mass is 419 g/mol. The number of halogens is 6. The van der Waals surface area contributed by atoms with E-state index in [1.165, 1.54) is 14.1 Å². The van der Waals surface area contributed by atoms with Crippen LogP contribution in [0, 0.1) is 0 Å². The fourth-order valence-corrected chi connectivity index (χ4v) is 2.53. The molecule has 3 rings (SSSR count). The maximum Gasteiger partial charge on any atom is 0.416 e. The molecule has 0 aliphatic heterocycles. The van der Waals surface area contributed by atoms with Crippen LogP contribution >= 0.6 is 0 Å². The second-order valence-corrected chi connectivity index (χ2v) is 6.05. The van der Waals surface area contributed by atoms with Gasteiger partial charge in [0.25, 0.3) is 5.56 Å². The SMILES string of the molecule is Cn1c(-n2cnc(-c3cc(C(F)(F)F)cc(C(F)(F)F)c3)n2)cc(=O)n(C)c1=O. The molecule has 1 aromatic carbocycles. The Balaban J connectivity index is 2.17. The predicted octanol–water partition coefficient (Wildman–Crippen LogP) is 2.37. The van der Waals surface area contributed by atoms with Crippen molar-refractivity contribution in [2.45, 2.75) is 12.4 Å². The van der Waals surface area contributed by atoms with Crippen LogP contribution in [0.3, 0.4) is 0 Å². The molecule has 0 N–H and O–H groups in total. The number of nitrogens with zero attached hydrogens (tertiary/aromatic N) is 5. The van der Waals surface area contributed by atoms with Crippen LogP contribution in [-0.4, -0.2) is 23.9 Å². The van der Waals surface area contributed by atoms with Crippen LogP contribution in [0.1, 0.15) is 11.1 Å². The Morgan fingerprint density at radius 1 is 0.828 bits per heavy atom. The smallest absolute Gasteiger partial charge is 0.281 e. The van der Waals surface area contributed by atoms with Gasteiger partial charge in [0.15, 0.2) is 5.82 Å². The molecule has 29 heavy (non-hydrogen) atoms. The Labute approximate surface area is 157 Å². The largest absolute Gasteiger partial charge is 0.416 e. The average molecular weight is 419 g/mol. The molecule has 0 aliphatic rings. The van der Waals surface area contributed by atoms with E-state index in [0.717, 1.165) is 26.2 Å². The second-order valence-electron chi connectivity index (χ2n) is 6.05. The zero-order valence-electron chi connectivity index (χ0n) is 14.7. The van der Waals surface area contributed by atoms with Crippen LogP contribution in [0.4, 0.5) is 26.3 Å². The summed E-state index contributed by atoms with van der Waals surface area (Å²) in [5.74, 6) is -0.519. The highest BCUT2D eigenvalue weighted by Gasteiger charge is 2.37. The van der Waals surface area contributed by atoms with Gasteiger partial charge in [0.2, 0.25) is 0 Å². The van der Waals surface area contributed by atoms with Gasteiger partial charge in [-0.25, -0.2) is 14.5 Å². The van der Waals surface area contributed by atoms with Gasteiger partial charge in [0.05, 0.1) is 11.1 Å². The Bertz CT molecular complexity index is 1170. The average Bonchev–Trinajstić information content (AvgIpc) is 3.11. The number of hydrogen-bond donors (Lipinski definition) is 0. The quantitative estimate of drug-likeness (QED) is 0.598. The molecule has 13 heteroatoms. The fraction of sp³-hybridized carbons (Fsp3) is 0.250. The van der Waals surface area contributed by atoms with E-state index in [1.807, 2.05) is 0 Å². The summed E-state index contributed by atoms with van der Waals surface area (Å²) in [6.07, 6.45) is -9.07. The summed E-state index contributed by atoms with van der Waals surface area (Å²) in [6, 6.07) is 1.98. The predicted molar refractivity (Wildman–Crippen MR) is 87.3 cm³/mol. The zero-order chi connectivity index (χ0) is 21.7. The van der Waals surface area contributed by atoms with Crippen molar-refractivity contribution in [2.24, 2.45) is 14.1 Å². The molecule has 0 fully saturated rings. The van der Waals surface area contributed by atoms with Crippen LogP contribution in [0.25, 0.3) is 17.2 Å². The van der Waals surface area contributed by atoms with Gasteiger partial charge in [-0.15, -0.1) is 5.10 Å². The Morgan fingerprint density at radius 2 is 1.38 bits per heavy atom. The molecule has 0 spiro atoms. The highest BCUT2D eigenvalue weighted by atomic mass is 19.4. The lowest BCUT2D eigenvalue weighted by Gasteiger charge is -2.13. The summed E-state index contributed by atoms with van der Waals surface area (Å²) in [5, 5.41) is 3.83. The molecule has 154 valence electrons. The third-order valence-electron chi connectivity index (χ3n) is 4.07. The van der Waals surface area contributed by atoms with Gasteiger partial charge < -0.3 is 0 Å². The third kappa shape index (κ3) is 3.79. The number of rotatable bonds is 2. The van der Waals surface area contributed by atoms with Crippen LogP contribution < -0.4 is 11.2 Å². The number of benzene rings is 1. The van der Waals surface area contributed by atoms with Crippen LogP contribution in [0.2, 0.25) is 0 Å². The summed E-state index contributed by atoms with van der Waals surface area (Å²) < 4.78 is 80.8. The van der Waals surface area contributed by atoms with Crippen LogP contribution in [0.15, 0.2) is 40.2 Å². The first-order valence-electron chi connectivity index (χ1n) is 7.78. The maximum atomic E-state index is 13.0. The molecule has 0 radical (unpaired) electrons. The Morgan fingerprint density at radius 3 is 1.90 bits per heavy atom. The highest BCUT2D eigenvalue weighted by molar-refractivity contribution is 5.58. The molecular weight excluding hydrogens is 408 g/mol. The van der Waals surface area contributed by atoms with E-state index in [0.29, 0.717) is 12.1 Å². The van der Waals surface area contributed by atoms with Crippen molar-refractivity contribution in [1.29, 1.82) is 0 Å². The van der Waals surface area contributed by atoms with Crippen molar-refractivity contribution in [1.82, 2.24) is 23.9 Å². The summed E-state index contributed by atoms with van der Waals surface area (Å²) >= 11 is 0. The van der Waals surface area contributed by atoms with Crippen molar-refractivity contribution in [3.63, 3.8) is 0 Å². The lowest BCUT2D eigenvalue weighted by atomic mass is 10.0. The van der Waals surface area contributed by atoms with Crippen LogP contribution in [-0.2, 0) is 26.4 Å². The number of aromatic nitrogens is 5. The summed E-state index contributed by atoms with van der Waals surface area (Å²) in [6.45, 7) is 0.